The number of likely N-dealkylation sites (tertiary alicyclic amines) is 1. The number of piperidine rings is 1. The average molecular weight is 314 g/mol. The van der Waals surface area contributed by atoms with Crippen molar-refractivity contribution in [2.75, 3.05) is 13.2 Å². The van der Waals surface area contributed by atoms with Gasteiger partial charge in [0.25, 0.3) is 0 Å². The van der Waals surface area contributed by atoms with E-state index in [9.17, 15) is 9.18 Å². The van der Waals surface area contributed by atoms with E-state index in [4.69, 9.17) is 10.5 Å². The Morgan fingerprint density at radius 1 is 1.27 bits per heavy atom. The van der Waals surface area contributed by atoms with Gasteiger partial charge in [-0.05, 0) is 58.3 Å². The minimum absolute atomic E-state index is 0.00114. The molecule has 5 heteroatoms. The van der Waals surface area contributed by atoms with E-state index in [1.165, 1.54) is 0 Å². The quantitative estimate of drug-likeness (QED) is 0.868. The van der Waals surface area contributed by atoms with Crippen LogP contribution in [-0.2, 0) is 9.53 Å². The third kappa shape index (κ3) is 4.42. The zero-order valence-corrected chi connectivity index (χ0v) is 14.2. The molecule has 0 aromatic carbocycles. The molecule has 0 unspecified atom stereocenters. The van der Waals surface area contributed by atoms with E-state index in [1.54, 1.807) is 20.8 Å². The van der Waals surface area contributed by atoms with Gasteiger partial charge in [0.2, 0.25) is 5.91 Å². The maximum Gasteiger partial charge on any atom is 0.219 e. The molecule has 0 aromatic rings. The Hall–Kier alpha value is -0.680. The van der Waals surface area contributed by atoms with E-state index >= 15 is 0 Å². The van der Waals surface area contributed by atoms with Crippen LogP contribution in [-0.4, -0.2) is 47.8 Å². The number of carbonyl (C=O) groups excluding carboxylic acids is 1. The fourth-order valence-corrected chi connectivity index (χ4v) is 3.84. The van der Waals surface area contributed by atoms with Crippen molar-refractivity contribution in [1.82, 2.24) is 4.90 Å². The van der Waals surface area contributed by atoms with Crippen LogP contribution in [0.25, 0.3) is 0 Å². The highest BCUT2D eigenvalue weighted by Crippen LogP contribution is 2.36. The number of nitrogens with zero attached hydrogens (tertiary/aromatic N) is 1. The molecular weight excluding hydrogens is 283 g/mol. The molecule has 2 N–H and O–H groups in total. The zero-order chi connectivity index (χ0) is 16.3. The van der Waals surface area contributed by atoms with E-state index in [1.807, 2.05) is 4.90 Å². The molecule has 1 aliphatic carbocycles. The number of hydrogen-bond acceptors (Lipinski definition) is 3. The van der Waals surface area contributed by atoms with Crippen LogP contribution in [0.2, 0.25) is 0 Å². The van der Waals surface area contributed by atoms with Crippen molar-refractivity contribution in [2.24, 2.45) is 11.7 Å². The van der Waals surface area contributed by atoms with Crippen molar-refractivity contribution in [3.63, 3.8) is 0 Å². The van der Waals surface area contributed by atoms with E-state index in [-0.39, 0.29) is 30.0 Å². The monoisotopic (exact) mass is 314 g/mol. The highest BCUT2D eigenvalue weighted by atomic mass is 19.1. The number of ether oxygens (including phenoxy) is 1. The van der Waals surface area contributed by atoms with Crippen LogP contribution in [0.4, 0.5) is 4.39 Å². The first-order chi connectivity index (χ1) is 10.3. The predicted octanol–water partition coefficient (Wildman–Crippen LogP) is 2.65. The Bertz CT molecular complexity index is 375. The Labute approximate surface area is 133 Å². The Morgan fingerprint density at radius 2 is 1.91 bits per heavy atom. The molecule has 0 radical (unpaired) electrons. The van der Waals surface area contributed by atoms with E-state index < -0.39 is 5.67 Å². The lowest BCUT2D eigenvalue weighted by Gasteiger charge is -2.40. The molecule has 22 heavy (non-hydrogen) atoms. The standard InChI is InChI=1S/C17H31FN2O2/c1-12(21)20-10-4-5-15(19)16(20)11-22-14-8-6-13(7-9-14)17(2,3)18/h13-16H,4-11,19H2,1-3H3/t13-,14+,15-,16-/m0/s1. The maximum absolute atomic E-state index is 14.0. The number of amides is 1. The molecular formula is C17H31FN2O2. The van der Waals surface area contributed by atoms with Gasteiger partial charge in [-0.25, -0.2) is 4.39 Å². The summed E-state index contributed by atoms with van der Waals surface area (Å²) in [6, 6.07) is -0.0136. The molecule has 1 saturated carbocycles. The van der Waals surface area contributed by atoms with Gasteiger partial charge in [-0.15, -0.1) is 0 Å². The Balaban J connectivity index is 1.81. The van der Waals surface area contributed by atoms with Crippen LogP contribution < -0.4 is 5.73 Å². The lowest BCUT2D eigenvalue weighted by molar-refractivity contribution is -0.136. The number of nitrogens with two attached hydrogens (primary N) is 1. The number of hydrogen-bond donors (Lipinski definition) is 1. The summed E-state index contributed by atoms with van der Waals surface area (Å²) in [6.07, 6.45) is 5.65. The molecule has 1 heterocycles. The second-order valence-corrected chi connectivity index (χ2v) is 7.46. The second kappa shape index (κ2) is 7.26. The zero-order valence-electron chi connectivity index (χ0n) is 14.2. The molecule has 2 fully saturated rings. The van der Waals surface area contributed by atoms with Crippen LogP contribution in [0.3, 0.4) is 0 Å². The fraction of sp³-hybridized carbons (Fsp3) is 0.941. The maximum atomic E-state index is 14.0. The summed E-state index contributed by atoms with van der Waals surface area (Å²) in [7, 11) is 0. The van der Waals surface area contributed by atoms with E-state index in [0.29, 0.717) is 6.61 Å². The van der Waals surface area contributed by atoms with Gasteiger partial charge in [-0.1, -0.05) is 0 Å². The molecule has 2 rings (SSSR count). The third-order valence-electron chi connectivity index (χ3n) is 5.38. The van der Waals surface area contributed by atoms with Gasteiger partial charge in [0, 0.05) is 19.5 Å². The number of carbonyl (C=O) groups is 1. The second-order valence-electron chi connectivity index (χ2n) is 7.46. The molecule has 1 saturated heterocycles. The van der Waals surface area contributed by atoms with Crippen LogP contribution in [0, 0.1) is 5.92 Å². The lowest BCUT2D eigenvalue weighted by Crippen LogP contribution is -2.56. The topological polar surface area (TPSA) is 55.6 Å². The van der Waals surface area contributed by atoms with Gasteiger partial charge >= 0.3 is 0 Å². The summed E-state index contributed by atoms with van der Waals surface area (Å²) in [5.41, 5.74) is 5.08. The summed E-state index contributed by atoms with van der Waals surface area (Å²) in [6.45, 7) is 6.23. The van der Waals surface area contributed by atoms with Crippen LogP contribution in [0.1, 0.15) is 59.3 Å². The largest absolute Gasteiger partial charge is 0.376 e. The summed E-state index contributed by atoms with van der Waals surface area (Å²) >= 11 is 0. The Morgan fingerprint density at radius 3 is 2.45 bits per heavy atom. The van der Waals surface area contributed by atoms with Crippen LogP contribution in [0.15, 0.2) is 0 Å². The number of halogens is 1. The molecule has 128 valence electrons. The molecule has 0 spiro atoms. The molecule has 2 atom stereocenters. The fourth-order valence-electron chi connectivity index (χ4n) is 3.84. The predicted molar refractivity (Wildman–Crippen MR) is 85.3 cm³/mol. The first-order valence-corrected chi connectivity index (χ1v) is 8.62. The molecule has 0 bridgehead atoms. The minimum Gasteiger partial charge on any atom is -0.376 e. The van der Waals surface area contributed by atoms with Crippen LogP contribution >= 0.6 is 0 Å². The molecule has 2 aliphatic rings. The molecule has 0 aromatic heterocycles. The normalized spacial score (nSPS) is 33.8. The summed E-state index contributed by atoms with van der Waals surface area (Å²) < 4.78 is 20.0. The number of rotatable bonds is 4. The molecule has 1 amide bonds. The summed E-state index contributed by atoms with van der Waals surface area (Å²) in [4.78, 5) is 13.6. The van der Waals surface area contributed by atoms with Crippen molar-refractivity contribution in [3.8, 4) is 0 Å². The van der Waals surface area contributed by atoms with E-state index in [0.717, 1.165) is 45.1 Å². The van der Waals surface area contributed by atoms with Crippen molar-refractivity contribution in [1.29, 1.82) is 0 Å². The van der Waals surface area contributed by atoms with Crippen LogP contribution in [0.5, 0.6) is 0 Å². The highest BCUT2D eigenvalue weighted by Gasteiger charge is 2.35. The average Bonchev–Trinajstić information content (AvgIpc) is 2.45. The SMILES string of the molecule is CC(=O)N1CCC[C@H](N)[C@@H]1CO[C@H]1CC[C@@H](C(C)(C)F)CC1. The minimum atomic E-state index is -1.10. The van der Waals surface area contributed by atoms with E-state index in [2.05, 4.69) is 0 Å². The highest BCUT2D eigenvalue weighted by molar-refractivity contribution is 5.73. The first-order valence-electron chi connectivity index (χ1n) is 8.62. The van der Waals surface area contributed by atoms with Crippen molar-refractivity contribution < 1.29 is 13.9 Å². The molecule has 1 aliphatic heterocycles. The van der Waals surface area contributed by atoms with Gasteiger partial charge < -0.3 is 15.4 Å². The van der Waals surface area contributed by atoms with Crippen molar-refractivity contribution in [2.45, 2.75) is 83.2 Å². The van der Waals surface area contributed by atoms with Gasteiger partial charge in [-0.3, -0.25) is 4.79 Å². The summed E-state index contributed by atoms with van der Waals surface area (Å²) in [5, 5.41) is 0. The summed E-state index contributed by atoms with van der Waals surface area (Å²) in [5.74, 6) is 0.213. The van der Waals surface area contributed by atoms with Crippen molar-refractivity contribution >= 4 is 5.91 Å². The molecule has 4 nitrogen and oxygen atoms in total. The third-order valence-corrected chi connectivity index (χ3v) is 5.38. The lowest BCUT2D eigenvalue weighted by atomic mass is 9.79. The van der Waals surface area contributed by atoms with Gasteiger partial charge in [0.1, 0.15) is 5.67 Å². The number of alkyl halides is 1. The van der Waals surface area contributed by atoms with Crippen molar-refractivity contribution in [3.05, 3.63) is 0 Å². The van der Waals surface area contributed by atoms with Gasteiger partial charge in [-0.2, -0.15) is 0 Å². The Kier molecular flexibility index (Phi) is 5.83. The van der Waals surface area contributed by atoms with Gasteiger partial charge in [0.15, 0.2) is 0 Å². The first kappa shape index (κ1) is 17.7. The smallest absolute Gasteiger partial charge is 0.219 e. The van der Waals surface area contributed by atoms with Gasteiger partial charge in [0.05, 0.1) is 18.8 Å².